The van der Waals surface area contributed by atoms with Crippen molar-refractivity contribution in [2.75, 3.05) is 7.05 Å². The molecule has 2 rings (SSSR count). The number of amides is 1. The lowest BCUT2D eigenvalue weighted by molar-refractivity contribution is 0.0966. The molecule has 0 spiro atoms. The molecule has 3 nitrogen and oxygen atoms in total. The number of nitrogens with one attached hydrogen (secondary N) is 1. The van der Waals surface area contributed by atoms with Crippen molar-refractivity contribution in [3.63, 3.8) is 0 Å². The van der Waals surface area contributed by atoms with Crippen LogP contribution in [0.25, 0.3) is 10.6 Å². The van der Waals surface area contributed by atoms with E-state index in [4.69, 9.17) is 0 Å². The predicted octanol–water partition coefficient (Wildman–Crippen LogP) is 2.54. The molecule has 0 aliphatic heterocycles. The van der Waals surface area contributed by atoms with Gasteiger partial charge in [0.25, 0.3) is 5.91 Å². The van der Waals surface area contributed by atoms with Gasteiger partial charge < -0.3 is 5.32 Å². The molecule has 0 unspecified atom stereocenters. The zero-order valence-corrected chi connectivity index (χ0v) is 10.0. The second-order valence-electron chi connectivity index (χ2n) is 3.02. The minimum Gasteiger partial charge on any atom is -0.354 e. The average molecular weight is 238 g/mol. The van der Waals surface area contributed by atoms with Gasteiger partial charge in [0, 0.05) is 18.0 Å². The van der Waals surface area contributed by atoms with Crippen LogP contribution in [0.15, 0.2) is 16.8 Å². The predicted molar refractivity (Wildman–Crippen MR) is 63.6 cm³/mol. The summed E-state index contributed by atoms with van der Waals surface area (Å²) in [5, 5.41) is 7.56. The molecule has 0 aromatic carbocycles. The van der Waals surface area contributed by atoms with Crippen LogP contribution in [0, 0.1) is 6.92 Å². The Balaban J connectivity index is 2.41. The lowest BCUT2D eigenvalue weighted by Crippen LogP contribution is -2.17. The Morgan fingerprint density at radius 2 is 2.33 bits per heavy atom. The molecule has 0 fully saturated rings. The van der Waals surface area contributed by atoms with Gasteiger partial charge in [-0.25, -0.2) is 4.98 Å². The third kappa shape index (κ3) is 1.93. The Morgan fingerprint density at radius 1 is 1.53 bits per heavy atom. The number of aryl methyl sites for hydroxylation is 1. The van der Waals surface area contributed by atoms with E-state index in [0.717, 1.165) is 16.3 Å². The fraction of sp³-hybridized carbons (Fsp3) is 0.200. The second kappa shape index (κ2) is 4.12. The number of thiazole rings is 1. The van der Waals surface area contributed by atoms with Gasteiger partial charge in [0.05, 0.1) is 5.69 Å². The topological polar surface area (TPSA) is 42.0 Å². The molecule has 0 aliphatic carbocycles. The Hall–Kier alpha value is -1.20. The number of carbonyl (C=O) groups excluding carboxylic acids is 1. The molecular weight excluding hydrogens is 228 g/mol. The standard InChI is InChI=1S/C10H10N2OS2/c1-6-8(9(13)11-2)15-10(12-6)7-3-4-14-5-7/h3-5H,1-2H3,(H,11,13). The lowest BCUT2D eigenvalue weighted by atomic mass is 10.3. The number of rotatable bonds is 2. The molecule has 0 saturated heterocycles. The first kappa shape index (κ1) is 10.3. The number of hydrogen-bond acceptors (Lipinski definition) is 4. The normalized spacial score (nSPS) is 10.3. The summed E-state index contributed by atoms with van der Waals surface area (Å²) in [5.41, 5.74) is 1.88. The van der Waals surface area contributed by atoms with Gasteiger partial charge in [0.1, 0.15) is 9.88 Å². The maximum Gasteiger partial charge on any atom is 0.263 e. The maximum atomic E-state index is 11.5. The molecule has 78 valence electrons. The van der Waals surface area contributed by atoms with Gasteiger partial charge in [0.15, 0.2) is 0 Å². The monoisotopic (exact) mass is 238 g/mol. The molecule has 0 atom stereocenters. The maximum absolute atomic E-state index is 11.5. The van der Waals surface area contributed by atoms with Crippen LogP contribution in [0.4, 0.5) is 0 Å². The van der Waals surface area contributed by atoms with Gasteiger partial charge in [-0.1, -0.05) is 0 Å². The summed E-state index contributed by atoms with van der Waals surface area (Å²) >= 11 is 3.06. The molecule has 2 aromatic rings. The zero-order chi connectivity index (χ0) is 10.8. The molecule has 1 N–H and O–H groups in total. The fourth-order valence-electron chi connectivity index (χ4n) is 1.23. The van der Waals surface area contributed by atoms with Crippen LogP contribution in [-0.4, -0.2) is 17.9 Å². The highest BCUT2D eigenvalue weighted by Crippen LogP contribution is 2.29. The van der Waals surface area contributed by atoms with Crippen LogP contribution in [0.2, 0.25) is 0 Å². The van der Waals surface area contributed by atoms with E-state index in [0.29, 0.717) is 4.88 Å². The van der Waals surface area contributed by atoms with Gasteiger partial charge in [-0.05, 0) is 18.4 Å². The third-order valence-corrected chi connectivity index (χ3v) is 3.89. The Kier molecular flexibility index (Phi) is 2.83. The van der Waals surface area contributed by atoms with E-state index in [2.05, 4.69) is 10.3 Å². The van der Waals surface area contributed by atoms with E-state index in [-0.39, 0.29) is 5.91 Å². The molecule has 0 saturated carbocycles. The molecule has 0 aliphatic rings. The first-order valence-corrected chi connectivity index (χ1v) is 6.20. The number of carbonyl (C=O) groups is 1. The molecule has 1 amide bonds. The van der Waals surface area contributed by atoms with Crippen molar-refractivity contribution in [2.45, 2.75) is 6.92 Å². The Labute approximate surface area is 95.8 Å². The summed E-state index contributed by atoms with van der Waals surface area (Å²) in [5.74, 6) is -0.0634. The van der Waals surface area contributed by atoms with Crippen molar-refractivity contribution in [1.82, 2.24) is 10.3 Å². The van der Waals surface area contributed by atoms with E-state index in [9.17, 15) is 4.79 Å². The fourth-order valence-corrected chi connectivity index (χ4v) is 2.95. The Morgan fingerprint density at radius 3 is 2.93 bits per heavy atom. The summed E-state index contributed by atoms with van der Waals surface area (Å²) < 4.78 is 0. The van der Waals surface area contributed by atoms with Crippen LogP contribution in [0.5, 0.6) is 0 Å². The number of thiophene rings is 1. The molecule has 2 aromatic heterocycles. The van der Waals surface area contributed by atoms with Gasteiger partial charge in [-0.3, -0.25) is 4.79 Å². The van der Waals surface area contributed by atoms with Crippen LogP contribution in [-0.2, 0) is 0 Å². The molecule has 2 heterocycles. The summed E-state index contributed by atoms with van der Waals surface area (Å²) in [6.07, 6.45) is 0. The van der Waals surface area contributed by atoms with E-state index in [1.165, 1.54) is 11.3 Å². The summed E-state index contributed by atoms with van der Waals surface area (Å²) in [6.45, 7) is 1.86. The highest BCUT2D eigenvalue weighted by molar-refractivity contribution is 7.17. The molecule has 15 heavy (non-hydrogen) atoms. The second-order valence-corrected chi connectivity index (χ2v) is 4.80. The molecule has 0 radical (unpaired) electrons. The van der Waals surface area contributed by atoms with Crippen molar-refractivity contribution in [2.24, 2.45) is 0 Å². The Bertz CT molecular complexity index is 474. The lowest BCUT2D eigenvalue weighted by Gasteiger charge is -1.93. The van der Waals surface area contributed by atoms with Crippen molar-refractivity contribution in [3.05, 3.63) is 27.4 Å². The quantitative estimate of drug-likeness (QED) is 0.873. The highest BCUT2D eigenvalue weighted by atomic mass is 32.1. The number of nitrogens with zero attached hydrogens (tertiary/aromatic N) is 1. The van der Waals surface area contributed by atoms with E-state index < -0.39 is 0 Å². The molecule has 0 bridgehead atoms. The first-order valence-electron chi connectivity index (χ1n) is 4.44. The zero-order valence-electron chi connectivity index (χ0n) is 8.40. The van der Waals surface area contributed by atoms with E-state index >= 15 is 0 Å². The van der Waals surface area contributed by atoms with Crippen LogP contribution >= 0.6 is 22.7 Å². The highest BCUT2D eigenvalue weighted by Gasteiger charge is 2.14. The van der Waals surface area contributed by atoms with E-state index in [1.807, 2.05) is 23.8 Å². The summed E-state index contributed by atoms with van der Waals surface area (Å²) in [7, 11) is 1.63. The SMILES string of the molecule is CNC(=O)c1sc(-c2ccsc2)nc1C. The largest absolute Gasteiger partial charge is 0.354 e. The molecular formula is C10H10N2OS2. The van der Waals surface area contributed by atoms with Gasteiger partial charge in [-0.15, -0.1) is 11.3 Å². The third-order valence-electron chi connectivity index (χ3n) is 2.00. The minimum absolute atomic E-state index is 0.0634. The summed E-state index contributed by atoms with van der Waals surface area (Å²) in [4.78, 5) is 16.6. The van der Waals surface area contributed by atoms with E-state index in [1.54, 1.807) is 18.4 Å². The van der Waals surface area contributed by atoms with Crippen LogP contribution in [0.1, 0.15) is 15.4 Å². The van der Waals surface area contributed by atoms with Crippen molar-refractivity contribution < 1.29 is 4.79 Å². The van der Waals surface area contributed by atoms with Crippen molar-refractivity contribution in [1.29, 1.82) is 0 Å². The molecule has 5 heteroatoms. The van der Waals surface area contributed by atoms with Crippen LogP contribution < -0.4 is 5.32 Å². The first-order chi connectivity index (χ1) is 7.22. The average Bonchev–Trinajstić information content (AvgIpc) is 2.84. The summed E-state index contributed by atoms with van der Waals surface area (Å²) in [6, 6.07) is 2.01. The van der Waals surface area contributed by atoms with Gasteiger partial charge >= 0.3 is 0 Å². The van der Waals surface area contributed by atoms with Crippen molar-refractivity contribution in [3.8, 4) is 10.6 Å². The minimum atomic E-state index is -0.0634. The smallest absolute Gasteiger partial charge is 0.263 e. The number of aromatic nitrogens is 1. The van der Waals surface area contributed by atoms with Crippen LogP contribution in [0.3, 0.4) is 0 Å². The van der Waals surface area contributed by atoms with Crippen molar-refractivity contribution >= 4 is 28.6 Å². The van der Waals surface area contributed by atoms with Gasteiger partial charge in [0.2, 0.25) is 0 Å². The number of hydrogen-bond donors (Lipinski definition) is 1. The van der Waals surface area contributed by atoms with Gasteiger partial charge in [-0.2, -0.15) is 11.3 Å².